The van der Waals surface area contributed by atoms with Crippen molar-refractivity contribution in [2.75, 3.05) is 19.5 Å². The average molecular weight is 344 g/mol. The molecule has 24 heavy (non-hydrogen) atoms. The topological polar surface area (TPSA) is 42.5 Å². The van der Waals surface area contributed by atoms with Gasteiger partial charge in [-0.1, -0.05) is 25.1 Å². The number of anilines is 1. The first-order valence-electron chi connectivity index (χ1n) is 7.93. The summed E-state index contributed by atoms with van der Waals surface area (Å²) in [6, 6.07) is 14.1. The van der Waals surface area contributed by atoms with E-state index in [1.807, 2.05) is 30.3 Å². The van der Waals surface area contributed by atoms with Crippen molar-refractivity contribution >= 4 is 23.0 Å². The molecule has 0 aliphatic heterocycles. The van der Waals surface area contributed by atoms with Crippen LogP contribution in [-0.4, -0.2) is 19.3 Å². The summed E-state index contributed by atoms with van der Waals surface area (Å²) in [6.45, 7) is 4.17. The van der Waals surface area contributed by atoms with Crippen molar-refractivity contribution in [3.63, 3.8) is 0 Å². The van der Waals surface area contributed by atoms with Crippen molar-refractivity contribution in [1.82, 2.24) is 5.32 Å². The van der Waals surface area contributed by atoms with Gasteiger partial charge in [0.05, 0.1) is 20.3 Å². The second kappa shape index (κ2) is 8.55. The van der Waals surface area contributed by atoms with Crippen LogP contribution in [0, 0.1) is 6.92 Å². The Balaban J connectivity index is 2.09. The zero-order chi connectivity index (χ0) is 17.5. The molecule has 0 aromatic heterocycles. The van der Waals surface area contributed by atoms with E-state index in [2.05, 4.69) is 36.6 Å². The summed E-state index contributed by atoms with van der Waals surface area (Å²) in [5.41, 5.74) is 3.27. The first kappa shape index (κ1) is 18.1. The molecule has 0 aliphatic carbocycles. The quantitative estimate of drug-likeness (QED) is 0.758. The van der Waals surface area contributed by atoms with Gasteiger partial charge in [0.25, 0.3) is 0 Å². The van der Waals surface area contributed by atoms with E-state index < -0.39 is 0 Å². The van der Waals surface area contributed by atoms with Crippen molar-refractivity contribution in [1.29, 1.82) is 0 Å². The van der Waals surface area contributed by atoms with Crippen LogP contribution in [0.25, 0.3) is 0 Å². The van der Waals surface area contributed by atoms with Gasteiger partial charge in [-0.05, 0) is 61.0 Å². The minimum Gasteiger partial charge on any atom is -0.493 e. The minimum atomic E-state index is 0.0922. The smallest absolute Gasteiger partial charge is 0.171 e. The number of thiocarbonyl (C=S) groups is 1. The molecule has 0 fully saturated rings. The Kier molecular flexibility index (Phi) is 6.44. The number of rotatable bonds is 6. The number of ether oxygens (including phenoxy) is 2. The Bertz CT molecular complexity index is 704. The summed E-state index contributed by atoms with van der Waals surface area (Å²) in [6.07, 6.45) is 0.894. The Hall–Kier alpha value is -2.27. The third kappa shape index (κ3) is 4.61. The lowest BCUT2D eigenvalue weighted by atomic mass is 10.0. The Labute approximate surface area is 149 Å². The zero-order valence-corrected chi connectivity index (χ0v) is 15.4. The Morgan fingerprint density at radius 2 is 1.83 bits per heavy atom. The molecule has 0 aliphatic rings. The predicted molar refractivity (Wildman–Crippen MR) is 103 cm³/mol. The molecule has 0 radical (unpaired) electrons. The summed E-state index contributed by atoms with van der Waals surface area (Å²) >= 11 is 5.45. The van der Waals surface area contributed by atoms with Gasteiger partial charge < -0.3 is 20.1 Å². The number of hydrogen-bond donors (Lipinski definition) is 2. The van der Waals surface area contributed by atoms with Gasteiger partial charge in [0.1, 0.15) is 0 Å². The van der Waals surface area contributed by atoms with Crippen molar-refractivity contribution in [2.45, 2.75) is 26.3 Å². The maximum absolute atomic E-state index is 5.45. The standard InChI is InChI=1S/C19H24N2O2S/c1-5-16(14-9-10-17(22-3)18(12-14)23-4)21-19(24)20-15-8-6-7-13(2)11-15/h6-12,16H,5H2,1-4H3,(H2,20,21,24). The fraction of sp³-hybridized carbons (Fsp3) is 0.316. The van der Waals surface area contributed by atoms with Crippen LogP contribution >= 0.6 is 12.2 Å². The van der Waals surface area contributed by atoms with Gasteiger partial charge >= 0.3 is 0 Å². The number of aryl methyl sites for hydroxylation is 1. The van der Waals surface area contributed by atoms with Crippen molar-refractivity contribution < 1.29 is 9.47 Å². The SMILES string of the molecule is CCC(NC(=S)Nc1cccc(C)c1)c1ccc(OC)c(OC)c1. The number of benzene rings is 2. The highest BCUT2D eigenvalue weighted by Gasteiger charge is 2.14. The summed E-state index contributed by atoms with van der Waals surface area (Å²) in [5, 5.41) is 7.20. The molecule has 2 N–H and O–H groups in total. The monoisotopic (exact) mass is 344 g/mol. The van der Waals surface area contributed by atoms with E-state index in [0.29, 0.717) is 10.9 Å². The van der Waals surface area contributed by atoms with Gasteiger partial charge in [-0.3, -0.25) is 0 Å². The highest BCUT2D eigenvalue weighted by atomic mass is 32.1. The lowest BCUT2D eigenvalue weighted by molar-refractivity contribution is 0.354. The summed E-state index contributed by atoms with van der Waals surface area (Å²) in [7, 11) is 3.27. The van der Waals surface area contributed by atoms with E-state index in [9.17, 15) is 0 Å². The van der Waals surface area contributed by atoms with E-state index in [0.717, 1.165) is 23.4 Å². The van der Waals surface area contributed by atoms with E-state index in [1.165, 1.54) is 5.56 Å². The first-order chi connectivity index (χ1) is 11.6. The lowest BCUT2D eigenvalue weighted by Crippen LogP contribution is -2.32. The van der Waals surface area contributed by atoms with Gasteiger partial charge in [0, 0.05) is 5.69 Å². The molecule has 2 rings (SSSR count). The van der Waals surface area contributed by atoms with E-state index >= 15 is 0 Å². The van der Waals surface area contributed by atoms with Crippen LogP contribution in [0.4, 0.5) is 5.69 Å². The van der Waals surface area contributed by atoms with Crippen LogP contribution in [0.3, 0.4) is 0 Å². The fourth-order valence-corrected chi connectivity index (χ4v) is 2.80. The van der Waals surface area contributed by atoms with Crippen molar-refractivity contribution in [3.05, 3.63) is 53.6 Å². The summed E-state index contributed by atoms with van der Waals surface area (Å²) in [4.78, 5) is 0. The summed E-state index contributed by atoms with van der Waals surface area (Å²) < 4.78 is 10.7. The molecular formula is C19H24N2O2S. The predicted octanol–water partition coefficient (Wildman–Crippen LogP) is 4.45. The molecule has 0 saturated heterocycles. The Morgan fingerprint density at radius 1 is 1.08 bits per heavy atom. The van der Waals surface area contributed by atoms with Crippen molar-refractivity contribution in [2.24, 2.45) is 0 Å². The van der Waals surface area contributed by atoms with Crippen LogP contribution in [0.1, 0.15) is 30.5 Å². The Morgan fingerprint density at radius 3 is 2.46 bits per heavy atom. The number of methoxy groups -OCH3 is 2. The van der Waals surface area contributed by atoms with Gasteiger partial charge in [-0.15, -0.1) is 0 Å². The largest absolute Gasteiger partial charge is 0.493 e. The third-order valence-electron chi connectivity index (χ3n) is 3.80. The molecule has 128 valence electrons. The molecule has 0 spiro atoms. The van der Waals surface area contributed by atoms with Crippen LogP contribution < -0.4 is 20.1 Å². The highest BCUT2D eigenvalue weighted by Crippen LogP contribution is 2.30. The maximum atomic E-state index is 5.45. The molecule has 4 nitrogen and oxygen atoms in total. The van der Waals surface area contributed by atoms with Gasteiger partial charge in [-0.2, -0.15) is 0 Å². The van der Waals surface area contributed by atoms with Gasteiger partial charge in [0.15, 0.2) is 16.6 Å². The fourth-order valence-electron chi connectivity index (χ4n) is 2.54. The second-order valence-electron chi connectivity index (χ2n) is 5.54. The molecule has 0 saturated carbocycles. The second-order valence-corrected chi connectivity index (χ2v) is 5.95. The van der Waals surface area contributed by atoms with E-state index in [-0.39, 0.29) is 6.04 Å². The molecule has 0 heterocycles. The van der Waals surface area contributed by atoms with Crippen molar-refractivity contribution in [3.8, 4) is 11.5 Å². The molecule has 1 atom stereocenters. The van der Waals surface area contributed by atoms with Crippen LogP contribution in [0.5, 0.6) is 11.5 Å². The first-order valence-corrected chi connectivity index (χ1v) is 8.34. The third-order valence-corrected chi connectivity index (χ3v) is 4.02. The van der Waals surface area contributed by atoms with Gasteiger partial charge in [0.2, 0.25) is 0 Å². The van der Waals surface area contributed by atoms with Gasteiger partial charge in [-0.25, -0.2) is 0 Å². The van der Waals surface area contributed by atoms with Crippen LogP contribution in [0.2, 0.25) is 0 Å². The van der Waals surface area contributed by atoms with Crippen LogP contribution in [0.15, 0.2) is 42.5 Å². The lowest BCUT2D eigenvalue weighted by Gasteiger charge is -2.21. The molecule has 0 amide bonds. The molecule has 5 heteroatoms. The number of hydrogen-bond acceptors (Lipinski definition) is 3. The molecule has 2 aromatic carbocycles. The molecular weight excluding hydrogens is 320 g/mol. The normalized spacial score (nSPS) is 11.5. The number of nitrogens with one attached hydrogen (secondary N) is 2. The molecule has 2 aromatic rings. The average Bonchev–Trinajstić information content (AvgIpc) is 2.59. The molecule has 0 bridgehead atoms. The molecule has 1 unspecified atom stereocenters. The van der Waals surface area contributed by atoms with E-state index in [1.54, 1.807) is 14.2 Å². The highest BCUT2D eigenvalue weighted by molar-refractivity contribution is 7.80. The van der Waals surface area contributed by atoms with Crippen LogP contribution in [-0.2, 0) is 0 Å². The minimum absolute atomic E-state index is 0.0922. The van der Waals surface area contributed by atoms with E-state index in [4.69, 9.17) is 21.7 Å². The zero-order valence-electron chi connectivity index (χ0n) is 14.6. The maximum Gasteiger partial charge on any atom is 0.171 e. The summed E-state index contributed by atoms with van der Waals surface area (Å²) in [5.74, 6) is 1.43.